The highest BCUT2D eigenvalue weighted by molar-refractivity contribution is 5.95. The summed E-state index contributed by atoms with van der Waals surface area (Å²) in [6, 6.07) is 9.28. The van der Waals surface area contributed by atoms with Crippen LogP contribution in [0, 0.1) is 5.92 Å². The number of carboxylic acid groups (broad SMARTS) is 1. The maximum absolute atomic E-state index is 12.8. The lowest BCUT2D eigenvalue weighted by atomic mass is 10.0. The highest BCUT2D eigenvalue weighted by atomic mass is 16.5. The molecule has 0 saturated heterocycles. The van der Waals surface area contributed by atoms with Crippen molar-refractivity contribution in [1.29, 1.82) is 0 Å². The van der Waals surface area contributed by atoms with Gasteiger partial charge in [0, 0.05) is 23.9 Å². The van der Waals surface area contributed by atoms with Crippen molar-refractivity contribution in [2.45, 2.75) is 19.9 Å². The molecular weight excluding hydrogens is 358 g/mol. The molecule has 0 spiro atoms. The van der Waals surface area contributed by atoms with Crippen molar-refractivity contribution in [1.82, 2.24) is 9.88 Å². The van der Waals surface area contributed by atoms with Crippen LogP contribution >= 0.6 is 0 Å². The smallest absolute Gasteiger partial charge is 0.290 e. The van der Waals surface area contributed by atoms with E-state index < -0.39 is 0 Å². The van der Waals surface area contributed by atoms with Crippen LogP contribution in [0.2, 0.25) is 0 Å². The van der Waals surface area contributed by atoms with Crippen molar-refractivity contribution in [2.75, 3.05) is 19.4 Å². The summed E-state index contributed by atoms with van der Waals surface area (Å²) in [5, 5.41) is 6.89. The summed E-state index contributed by atoms with van der Waals surface area (Å²) in [5.41, 5.74) is 8.68. The molecule has 1 aromatic carbocycles. The van der Waals surface area contributed by atoms with Gasteiger partial charge in [0.1, 0.15) is 5.69 Å². The Bertz CT molecular complexity index is 847. The molecule has 0 fully saturated rings. The van der Waals surface area contributed by atoms with Gasteiger partial charge in [0.15, 0.2) is 5.75 Å². The van der Waals surface area contributed by atoms with Crippen LogP contribution in [0.5, 0.6) is 5.75 Å². The maximum Gasteiger partial charge on any atom is 0.290 e. The number of anilines is 1. The first-order valence-corrected chi connectivity index (χ1v) is 8.89. The van der Waals surface area contributed by atoms with Gasteiger partial charge in [-0.3, -0.25) is 14.6 Å². The van der Waals surface area contributed by atoms with Crippen molar-refractivity contribution in [3.8, 4) is 17.0 Å². The third-order valence-electron chi connectivity index (χ3n) is 4.48. The number of methoxy groups -OCH3 is 1. The van der Waals surface area contributed by atoms with Gasteiger partial charge in [-0.2, -0.15) is 0 Å². The Morgan fingerprint density at radius 1 is 1.32 bits per heavy atom. The molecule has 3 N–H and O–H groups in total. The van der Waals surface area contributed by atoms with Crippen molar-refractivity contribution in [2.24, 2.45) is 5.92 Å². The van der Waals surface area contributed by atoms with Gasteiger partial charge in [-0.25, -0.2) is 0 Å². The van der Waals surface area contributed by atoms with Crippen molar-refractivity contribution in [3.05, 3.63) is 54.2 Å². The molecule has 1 aliphatic rings. The zero-order valence-corrected chi connectivity index (χ0v) is 16.2. The minimum atomic E-state index is -0.250. The number of rotatable bonds is 4. The van der Waals surface area contributed by atoms with E-state index in [-0.39, 0.29) is 18.4 Å². The molecule has 148 valence electrons. The Hall–Kier alpha value is -3.35. The number of nitrogens with zero attached hydrogens (tertiary/aromatic N) is 2. The zero-order chi connectivity index (χ0) is 20.7. The van der Waals surface area contributed by atoms with Crippen LogP contribution in [0.15, 0.2) is 48.7 Å². The Morgan fingerprint density at radius 3 is 2.54 bits per heavy atom. The van der Waals surface area contributed by atoms with Gasteiger partial charge >= 0.3 is 0 Å². The predicted octanol–water partition coefficient (Wildman–Crippen LogP) is 3.08. The maximum atomic E-state index is 12.8. The number of nitrogens with two attached hydrogens (primary N) is 1. The summed E-state index contributed by atoms with van der Waals surface area (Å²) in [7, 11) is 1.57. The Balaban J connectivity index is 0.000000878. The number of amides is 1. The molecule has 0 radical (unpaired) electrons. The van der Waals surface area contributed by atoms with Crippen LogP contribution in [0.3, 0.4) is 0 Å². The van der Waals surface area contributed by atoms with E-state index in [1.165, 1.54) is 0 Å². The van der Waals surface area contributed by atoms with Gasteiger partial charge in [0.05, 0.1) is 18.8 Å². The molecule has 0 bridgehead atoms. The van der Waals surface area contributed by atoms with Gasteiger partial charge in [-0.05, 0) is 24.1 Å². The standard InChI is InChI=1S/C20H23N3O2.CH2O2/c1-13(2)17-5-4-12-23(17)20(24)15-8-6-14(7-9-15)18-19(25-3)16(21)10-11-22-18;2-1-3/h4-11,13,17H,12H2,1-3H3,(H2,21,22);1H,(H,2,3). The van der Waals surface area contributed by atoms with Crippen molar-refractivity contribution in [3.63, 3.8) is 0 Å². The number of benzene rings is 1. The molecule has 7 nitrogen and oxygen atoms in total. The fourth-order valence-corrected chi connectivity index (χ4v) is 3.16. The van der Waals surface area contributed by atoms with Gasteiger partial charge in [-0.15, -0.1) is 0 Å². The second kappa shape index (κ2) is 9.55. The number of ether oxygens (including phenoxy) is 1. The third-order valence-corrected chi connectivity index (χ3v) is 4.48. The van der Waals surface area contributed by atoms with Gasteiger partial charge in [0.25, 0.3) is 12.4 Å². The normalized spacial score (nSPS) is 15.1. The molecule has 0 aliphatic carbocycles. The van der Waals surface area contributed by atoms with Gasteiger partial charge in [0.2, 0.25) is 0 Å². The first-order valence-electron chi connectivity index (χ1n) is 8.89. The average molecular weight is 383 g/mol. The molecule has 1 atom stereocenters. The van der Waals surface area contributed by atoms with E-state index in [0.717, 1.165) is 5.56 Å². The lowest BCUT2D eigenvalue weighted by Crippen LogP contribution is -2.38. The second-order valence-electron chi connectivity index (χ2n) is 6.59. The Morgan fingerprint density at radius 2 is 1.96 bits per heavy atom. The largest absolute Gasteiger partial charge is 0.492 e. The fourth-order valence-electron chi connectivity index (χ4n) is 3.16. The van der Waals surface area contributed by atoms with Crippen molar-refractivity contribution >= 4 is 18.1 Å². The Kier molecular flexibility index (Phi) is 7.14. The first-order chi connectivity index (χ1) is 13.4. The number of nitrogen functional groups attached to an aromatic ring is 1. The van der Waals surface area contributed by atoms with Crippen molar-refractivity contribution < 1.29 is 19.4 Å². The van der Waals surface area contributed by atoms with Crippen LogP contribution in [-0.4, -0.2) is 47.1 Å². The summed E-state index contributed by atoms with van der Waals surface area (Å²) < 4.78 is 5.36. The number of pyridine rings is 1. The van der Waals surface area contributed by atoms with Crippen LogP contribution in [0.4, 0.5) is 5.69 Å². The number of aromatic nitrogens is 1. The second-order valence-corrected chi connectivity index (χ2v) is 6.59. The Labute approximate surface area is 164 Å². The fraction of sp³-hybridized carbons (Fsp3) is 0.286. The summed E-state index contributed by atoms with van der Waals surface area (Å²) in [6.45, 7) is 4.66. The number of carbonyl (C=O) groups is 2. The SMILES string of the molecule is COc1c(N)ccnc1-c1ccc(C(=O)N2CC=CC2C(C)C)cc1.O=CO. The molecule has 3 rings (SSSR count). The van der Waals surface area contributed by atoms with Crippen LogP contribution in [0.1, 0.15) is 24.2 Å². The monoisotopic (exact) mass is 383 g/mol. The van der Waals surface area contributed by atoms with E-state index in [2.05, 4.69) is 31.0 Å². The first kappa shape index (κ1) is 21.0. The summed E-state index contributed by atoms with van der Waals surface area (Å²) in [5.74, 6) is 0.982. The molecule has 1 aliphatic heterocycles. The van der Waals surface area contributed by atoms with E-state index in [9.17, 15) is 4.79 Å². The number of hydrogen-bond donors (Lipinski definition) is 2. The average Bonchev–Trinajstić information content (AvgIpc) is 3.18. The summed E-state index contributed by atoms with van der Waals surface area (Å²) in [6.07, 6.45) is 5.81. The highest BCUT2D eigenvalue weighted by Gasteiger charge is 2.27. The molecule has 1 unspecified atom stereocenters. The predicted molar refractivity (Wildman–Crippen MR) is 108 cm³/mol. The van der Waals surface area contributed by atoms with E-state index in [4.69, 9.17) is 20.4 Å². The third kappa shape index (κ3) is 4.49. The minimum absolute atomic E-state index is 0.0442. The van der Waals surface area contributed by atoms with Gasteiger partial charge < -0.3 is 20.5 Å². The van der Waals surface area contributed by atoms with E-state index >= 15 is 0 Å². The molecule has 1 aromatic heterocycles. The molecule has 2 heterocycles. The molecular formula is C21H25N3O4. The van der Waals surface area contributed by atoms with E-state index in [0.29, 0.717) is 35.2 Å². The summed E-state index contributed by atoms with van der Waals surface area (Å²) in [4.78, 5) is 27.4. The van der Waals surface area contributed by atoms with E-state index in [1.54, 1.807) is 19.4 Å². The van der Waals surface area contributed by atoms with Crippen LogP contribution in [0.25, 0.3) is 11.3 Å². The number of carbonyl (C=O) groups excluding carboxylic acids is 1. The van der Waals surface area contributed by atoms with E-state index in [1.807, 2.05) is 29.2 Å². The lowest BCUT2D eigenvalue weighted by Gasteiger charge is -2.27. The topological polar surface area (TPSA) is 106 Å². The quantitative estimate of drug-likeness (QED) is 0.621. The molecule has 2 aromatic rings. The number of hydrogen-bond acceptors (Lipinski definition) is 5. The zero-order valence-electron chi connectivity index (χ0n) is 16.2. The highest BCUT2D eigenvalue weighted by Crippen LogP contribution is 2.32. The minimum Gasteiger partial charge on any atom is -0.492 e. The van der Waals surface area contributed by atoms with Gasteiger partial charge in [-0.1, -0.05) is 38.1 Å². The van der Waals surface area contributed by atoms with Crippen LogP contribution < -0.4 is 10.5 Å². The summed E-state index contributed by atoms with van der Waals surface area (Å²) >= 11 is 0. The molecule has 0 saturated carbocycles. The van der Waals surface area contributed by atoms with Crippen LogP contribution in [-0.2, 0) is 4.79 Å². The molecule has 7 heteroatoms. The molecule has 1 amide bonds. The molecule has 28 heavy (non-hydrogen) atoms. The lowest BCUT2D eigenvalue weighted by molar-refractivity contribution is -0.122.